The molecule has 1 saturated heterocycles. The van der Waals surface area contributed by atoms with Gasteiger partial charge in [0.15, 0.2) is 0 Å². The maximum Gasteiger partial charge on any atom is 0.401 e. The van der Waals surface area contributed by atoms with Gasteiger partial charge < -0.3 is 15.3 Å². The monoisotopic (exact) mass is 296 g/mol. The number of aliphatic hydroxyl groups excluding tert-OH is 1. The summed E-state index contributed by atoms with van der Waals surface area (Å²) in [6, 6.07) is -0.133. The molecule has 0 aliphatic carbocycles. The number of rotatable bonds is 7. The van der Waals surface area contributed by atoms with Crippen molar-refractivity contribution in [2.45, 2.75) is 57.9 Å². The van der Waals surface area contributed by atoms with Crippen LogP contribution in [0.2, 0.25) is 0 Å². The maximum atomic E-state index is 12.3. The van der Waals surface area contributed by atoms with Crippen molar-refractivity contribution in [2.75, 3.05) is 26.2 Å². The molecule has 2 N–H and O–H groups in total. The van der Waals surface area contributed by atoms with E-state index in [2.05, 4.69) is 17.1 Å². The summed E-state index contributed by atoms with van der Waals surface area (Å²) in [7, 11) is 0. The zero-order chi connectivity index (χ0) is 15.2. The van der Waals surface area contributed by atoms with Crippen molar-refractivity contribution >= 4 is 0 Å². The molecule has 0 bridgehead atoms. The van der Waals surface area contributed by atoms with Crippen LogP contribution in [-0.4, -0.2) is 54.5 Å². The molecule has 1 aliphatic heterocycles. The third kappa shape index (κ3) is 6.90. The summed E-state index contributed by atoms with van der Waals surface area (Å²) in [6.45, 7) is 5.53. The van der Waals surface area contributed by atoms with Crippen LogP contribution < -0.4 is 5.32 Å². The molecule has 6 heteroatoms. The molecule has 1 heterocycles. The molecule has 1 rings (SSSR count). The van der Waals surface area contributed by atoms with Crippen LogP contribution in [0, 0.1) is 5.92 Å². The largest absolute Gasteiger partial charge is 0.401 e. The van der Waals surface area contributed by atoms with Gasteiger partial charge in [0, 0.05) is 19.1 Å². The number of likely N-dealkylation sites (tertiary alicyclic amines) is 1. The molecule has 1 fully saturated rings. The highest BCUT2D eigenvalue weighted by Gasteiger charge is 2.32. The number of alkyl halides is 3. The Labute approximate surface area is 119 Å². The van der Waals surface area contributed by atoms with Gasteiger partial charge in [-0.15, -0.1) is 0 Å². The van der Waals surface area contributed by atoms with Crippen LogP contribution >= 0.6 is 0 Å². The number of hydrogen-bond acceptors (Lipinski definition) is 3. The van der Waals surface area contributed by atoms with E-state index in [0.29, 0.717) is 25.8 Å². The van der Waals surface area contributed by atoms with Gasteiger partial charge in [-0.25, -0.2) is 0 Å². The van der Waals surface area contributed by atoms with E-state index in [1.165, 1.54) is 0 Å². The van der Waals surface area contributed by atoms with E-state index in [1.54, 1.807) is 0 Å². The van der Waals surface area contributed by atoms with E-state index >= 15 is 0 Å². The summed E-state index contributed by atoms with van der Waals surface area (Å²) in [5.41, 5.74) is 0. The molecule has 0 spiro atoms. The first-order valence-corrected chi connectivity index (χ1v) is 7.54. The molecule has 0 aromatic rings. The van der Waals surface area contributed by atoms with E-state index in [-0.39, 0.29) is 18.1 Å². The summed E-state index contributed by atoms with van der Waals surface area (Å²) in [5.74, 6) is 0.274. The Hall–Kier alpha value is -0.330. The van der Waals surface area contributed by atoms with Crippen molar-refractivity contribution in [3.05, 3.63) is 0 Å². The molecule has 3 unspecified atom stereocenters. The van der Waals surface area contributed by atoms with Gasteiger partial charge >= 0.3 is 6.18 Å². The lowest BCUT2D eigenvalue weighted by Crippen LogP contribution is -2.51. The third-order valence-corrected chi connectivity index (χ3v) is 3.82. The minimum absolute atomic E-state index is 0.133. The van der Waals surface area contributed by atoms with E-state index in [0.717, 1.165) is 19.5 Å². The van der Waals surface area contributed by atoms with E-state index in [1.807, 2.05) is 6.92 Å². The number of aliphatic hydroxyl groups is 1. The molecule has 120 valence electrons. The first kappa shape index (κ1) is 17.7. The van der Waals surface area contributed by atoms with Crippen molar-refractivity contribution in [3.8, 4) is 0 Å². The molecule has 3 nitrogen and oxygen atoms in total. The van der Waals surface area contributed by atoms with Crippen LogP contribution in [-0.2, 0) is 0 Å². The fourth-order valence-electron chi connectivity index (χ4n) is 2.93. The van der Waals surface area contributed by atoms with Crippen LogP contribution in [0.5, 0.6) is 0 Å². The van der Waals surface area contributed by atoms with Crippen LogP contribution in [0.15, 0.2) is 0 Å². The van der Waals surface area contributed by atoms with Gasteiger partial charge in [0.2, 0.25) is 0 Å². The Morgan fingerprint density at radius 2 is 2.00 bits per heavy atom. The second-order valence-corrected chi connectivity index (χ2v) is 5.85. The summed E-state index contributed by atoms with van der Waals surface area (Å²) in [5, 5.41) is 12.4. The van der Waals surface area contributed by atoms with Crippen LogP contribution in [0.25, 0.3) is 0 Å². The molecule has 0 amide bonds. The van der Waals surface area contributed by atoms with E-state index < -0.39 is 12.7 Å². The van der Waals surface area contributed by atoms with Gasteiger partial charge in [0.1, 0.15) is 0 Å². The lowest BCUT2D eigenvalue weighted by molar-refractivity contribution is -0.127. The number of halogens is 3. The highest BCUT2D eigenvalue weighted by atomic mass is 19.4. The minimum Gasteiger partial charge on any atom is -0.393 e. The average molecular weight is 296 g/mol. The molecule has 1 aliphatic rings. The lowest BCUT2D eigenvalue weighted by Gasteiger charge is -2.39. The fraction of sp³-hybridized carbons (Fsp3) is 1.00. The van der Waals surface area contributed by atoms with Gasteiger partial charge in [-0.3, -0.25) is 0 Å². The number of piperidine rings is 1. The van der Waals surface area contributed by atoms with Crippen molar-refractivity contribution in [3.63, 3.8) is 0 Å². The zero-order valence-electron chi connectivity index (χ0n) is 12.4. The molecule has 3 atom stereocenters. The summed E-state index contributed by atoms with van der Waals surface area (Å²) in [4.78, 5) is 2.21. The predicted molar refractivity (Wildman–Crippen MR) is 73.6 cm³/mol. The third-order valence-electron chi connectivity index (χ3n) is 3.82. The molecule has 0 aromatic carbocycles. The van der Waals surface area contributed by atoms with Crippen molar-refractivity contribution < 1.29 is 18.3 Å². The first-order valence-electron chi connectivity index (χ1n) is 7.54. The Morgan fingerprint density at radius 3 is 2.55 bits per heavy atom. The quantitative estimate of drug-likeness (QED) is 0.757. The van der Waals surface area contributed by atoms with Crippen LogP contribution in [0.3, 0.4) is 0 Å². The average Bonchev–Trinajstić information content (AvgIpc) is 2.35. The SMILES string of the molecule is CCCN1CC(CC(O)CC)CC(NCC(F)(F)F)C1. The van der Waals surface area contributed by atoms with Crippen molar-refractivity contribution in [1.29, 1.82) is 0 Å². The molecule has 0 aromatic heterocycles. The highest BCUT2D eigenvalue weighted by Crippen LogP contribution is 2.23. The Balaban J connectivity index is 2.51. The lowest BCUT2D eigenvalue weighted by atomic mass is 9.88. The second-order valence-electron chi connectivity index (χ2n) is 5.85. The molecular weight excluding hydrogens is 269 g/mol. The van der Waals surface area contributed by atoms with Crippen LogP contribution in [0.4, 0.5) is 13.2 Å². The van der Waals surface area contributed by atoms with Crippen molar-refractivity contribution in [1.82, 2.24) is 10.2 Å². The van der Waals surface area contributed by atoms with E-state index in [4.69, 9.17) is 0 Å². The van der Waals surface area contributed by atoms with Gasteiger partial charge in [-0.05, 0) is 38.1 Å². The summed E-state index contributed by atoms with van der Waals surface area (Å²) >= 11 is 0. The fourth-order valence-corrected chi connectivity index (χ4v) is 2.93. The molecule has 0 radical (unpaired) electrons. The Kier molecular flexibility index (Phi) is 7.26. The minimum atomic E-state index is -4.16. The number of hydrogen-bond donors (Lipinski definition) is 2. The van der Waals surface area contributed by atoms with Gasteiger partial charge in [-0.1, -0.05) is 13.8 Å². The summed E-state index contributed by atoms with van der Waals surface area (Å²) in [6.07, 6.45) is -1.41. The van der Waals surface area contributed by atoms with Gasteiger partial charge in [0.05, 0.1) is 12.6 Å². The number of nitrogens with zero attached hydrogens (tertiary/aromatic N) is 1. The predicted octanol–water partition coefficient (Wildman–Crippen LogP) is 2.40. The molecule has 0 saturated carbocycles. The van der Waals surface area contributed by atoms with Crippen LogP contribution in [0.1, 0.15) is 39.5 Å². The first-order chi connectivity index (χ1) is 9.34. The topological polar surface area (TPSA) is 35.5 Å². The van der Waals surface area contributed by atoms with Crippen molar-refractivity contribution in [2.24, 2.45) is 5.92 Å². The Bertz CT molecular complexity index is 274. The molecule has 20 heavy (non-hydrogen) atoms. The Morgan fingerprint density at radius 1 is 1.30 bits per heavy atom. The van der Waals surface area contributed by atoms with Gasteiger partial charge in [-0.2, -0.15) is 13.2 Å². The standard InChI is InChI=1S/C14H27F3N2O/c1-3-5-19-8-11(7-13(20)4-2)6-12(9-19)18-10-14(15,16)17/h11-13,18,20H,3-10H2,1-2H3. The normalized spacial score (nSPS) is 26.7. The molecular formula is C14H27F3N2O. The van der Waals surface area contributed by atoms with Gasteiger partial charge in [0.25, 0.3) is 0 Å². The smallest absolute Gasteiger partial charge is 0.393 e. The zero-order valence-corrected chi connectivity index (χ0v) is 12.4. The summed E-state index contributed by atoms with van der Waals surface area (Å²) < 4.78 is 36.9. The maximum absolute atomic E-state index is 12.3. The highest BCUT2D eigenvalue weighted by molar-refractivity contribution is 4.85. The second kappa shape index (κ2) is 8.20. The number of nitrogens with one attached hydrogen (secondary N) is 1. The van der Waals surface area contributed by atoms with E-state index in [9.17, 15) is 18.3 Å².